The predicted molar refractivity (Wildman–Crippen MR) is 72.2 cm³/mol. The standard InChI is InChI=1S/C13H18BrNO2/c1-9(16)12-7-10(14)4-5-13(12)15-6-2-3-11(17)8-15/h4-5,7,9,11,16-17H,2-3,6,8H2,1H3. The molecular formula is C13H18BrNO2. The fourth-order valence-corrected chi connectivity index (χ4v) is 2.70. The van der Waals surface area contributed by atoms with E-state index in [1.54, 1.807) is 6.92 Å². The van der Waals surface area contributed by atoms with Crippen molar-refractivity contribution in [3.8, 4) is 0 Å². The van der Waals surface area contributed by atoms with Crippen molar-refractivity contribution in [3.05, 3.63) is 28.2 Å². The molecule has 0 radical (unpaired) electrons. The second kappa shape index (κ2) is 5.38. The summed E-state index contributed by atoms with van der Waals surface area (Å²) in [7, 11) is 0. The van der Waals surface area contributed by atoms with Crippen LogP contribution in [0.3, 0.4) is 0 Å². The SMILES string of the molecule is CC(O)c1cc(Br)ccc1N1CCCC(O)C1. The number of piperidine rings is 1. The molecule has 1 aliphatic heterocycles. The molecule has 2 N–H and O–H groups in total. The molecule has 17 heavy (non-hydrogen) atoms. The molecule has 2 unspecified atom stereocenters. The third-order valence-electron chi connectivity index (χ3n) is 3.18. The Kier molecular flexibility index (Phi) is 4.07. The molecule has 1 fully saturated rings. The van der Waals surface area contributed by atoms with E-state index in [-0.39, 0.29) is 6.10 Å². The Balaban J connectivity index is 2.30. The van der Waals surface area contributed by atoms with E-state index >= 15 is 0 Å². The lowest BCUT2D eigenvalue weighted by Crippen LogP contribution is -2.38. The van der Waals surface area contributed by atoms with Crippen LogP contribution in [-0.2, 0) is 0 Å². The normalized spacial score (nSPS) is 22.6. The number of halogens is 1. The molecular weight excluding hydrogens is 282 g/mol. The summed E-state index contributed by atoms with van der Waals surface area (Å²) >= 11 is 3.42. The van der Waals surface area contributed by atoms with E-state index in [9.17, 15) is 10.2 Å². The minimum absolute atomic E-state index is 0.255. The largest absolute Gasteiger partial charge is 0.391 e. The van der Waals surface area contributed by atoms with Crippen molar-refractivity contribution in [3.63, 3.8) is 0 Å². The zero-order valence-corrected chi connectivity index (χ0v) is 11.5. The Morgan fingerprint density at radius 3 is 2.88 bits per heavy atom. The average molecular weight is 300 g/mol. The van der Waals surface area contributed by atoms with Crippen LogP contribution in [0.4, 0.5) is 5.69 Å². The van der Waals surface area contributed by atoms with Crippen LogP contribution in [0.5, 0.6) is 0 Å². The summed E-state index contributed by atoms with van der Waals surface area (Å²) in [5, 5.41) is 19.5. The van der Waals surface area contributed by atoms with Gasteiger partial charge < -0.3 is 15.1 Å². The highest BCUT2D eigenvalue weighted by Crippen LogP contribution is 2.31. The summed E-state index contributed by atoms with van der Waals surface area (Å²) in [5.74, 6) is 0. The van der Waals surface area contributed by atoms with Crippen LogP contribution in [0, 0.1) is 0 Å². The number of hydrogen-bond donors (Lipinski definition) is 2. The van der Waals surface area contributed by atoms with Crippen LogP contribution in [0.15, 0.2) is 22.7 Å². The first-order valence-electron chi connectivity index (χ1n) is 5.98. The molecule has 1 aromatic rings. The van der Waals surface area contributed by atoms with Gasteiger partial charge in [-0.3, -0.25) is 0 Å². The van der Waals surface area contributed by atoms with Crippen LogP contribution in [0.2, 0.25) is 0 Å². The Morgan fingerprint density at radius 1 is 1.47 bits per heavy atom. The maximum atomic E-state index is 9.82. The average Bonchev–Trinajstić information content (AvgIpc) is 2.28. The van der Waals surface area contributed by atoms with Crippen molar-refractivity contribution in [2.75, 3.05) is 18.0 Å². The summed E-state index contributed by atoms with van der Waals surface area (Å²) < 4.78 is 0.967. The van der Waals surface area contributed by atoms with Gasteiger partial charge in [0, 0.05) is 28.8 Å². The summed E-state index contributed by atoms with van der Waals surface area (Å²) in [6.07, 6.45) is 1.11. The summed E-state index contributed by atoms with van der Waals surface area (Å²) in [6, 6.07) is 5.92. The van der Waals surface area contributed by atoms with Crippen molar-refractivity contribution in [2.24, 2.45) is 0 Å². The van der Waals surface area contributed by atoms with Gasteiger partial charge in [0.2, 0.25) is 0 Å². The Hall–Kier alpha value is -0.580. The number of anilines is 1. The van der Waals surface area contributed by atoms with Crippen LogP contribution in [0.1, 0.15) is 31.4 Å². The highest BCUT2D eigenvalue weighted by atomic mass is 79.9. The van der Waals surface area contributed by atoms with E-state index in [4.69, 9.17) is 0 Å². The maximum Gasteiger partial charge on any atom is 0.0782 e. The molecule has 1 aliphatic rings. The van der Waals surface area contributed by atoms with E-state index in [0.717, 1.165) is 35.1 Å². The highest BCUT2D eigenvalue weighted by Gasteiger charge is 2.21. The molecule has 2 rings (SSSR count). The number of hydrogen-bond acceptors (Lipinski definition) is 3. The fraction of sp³-hybridized carbons (Fsp3) is 0.538. The lowest BCUT2D eigenvalue weighted by Gasteiger charge is -2.34. The molecule has 1 heterocycles. The smallest absolute Gasteiger partial charge is 0.0782 e. The first-order valence-corrected chi connectivity index (χ1v) is 6.77. The van der Waals surface area contributed by atoms with Crippen LogP contribution < -0.4 is 4.90 Å². The van der Waals surface area contributed by atoms with Gasteiger partial charge in [0.15, 0.2) is 0 Å². The molecule has 0 amide bonds. The van der Waals surface area contributed by atoms with Crippen LogP contribution >= 0.6 is 15.9 Å². The van der Waals surface area contributed by atoms with E-state index in [2.05, 4.69) is 20.8 Å². The lowest BCUT2D eigenvalue weighted by molar-refractivity contribution is 0.153. The number of β-amino-alcohol motifs (C(OH)–C–C–N with tert-alkyl or cyclic N) is 1. The van der Waals surface area contributed by atoms with Crippen molar-refractivity contribution in [2.45, 2.75) is 32.0 Å². The van der Waals surface area contributed by atoms with E-state index in [1.807, 2.05) is 18.2 Å². The number of nitrogens with zero attached hydrogens (tertiary/aromatic N) is 1. The molecule has 0 aliphatic carbocycles. The molecule has 1 saturated heterocycles. The van der Waals surface area contributed by atoms with E-state index < -0.39 is 6.10 Å². The molecule has 4 heteroatoms. The van der Waals surface area contributed by atoms with Gasteiger partial charge in [-0.15, -0.1) is 0 Å². The fourth-order valence-electron chi connectivity index (χ4n) is 2.32. The van der Waals surface area contributed by atoms with Gasteiger partial charge in [-0.1, -0.05) is 15.9 Å². The van der Waals surface area contributed by atoms with Crippen LogP contribution in [-0.4, -0.2) is 29.4 Å². The molecule has 0 spiro atoms. The van der Waals surface area contributed by atoms with Gasteiger partial charge >= 0.3 is 0 Å². The Morgan fingerprint density at radius 2 is 2.24 bits per heavy atom. The number of rotatable bonds is 2. The topological polar surface area (TPSA) is 43.7 Å². The first kappa shape index (κ1) is 12.9. The van der Waals surface area contributed by atoms with Crippen molar-refractivity contribution in [1.82, 2.24) is 0 Å². The first-order chi connectivity index (χ1) is 8.08. The van der Waals surface area contributed by atoms with Gasteiger partial charge in [0.05, 0.1) is 12.2 Å². The number of benzene rings is 1. The minimum Gasteiger partial charge on any atom is -0.391 e. The van der Waals surface area contributed by atoms with Crippen molar-refractivity contribution in [1.29, 1.82) is 0 Å². The van der Waals surface area contributed by atoms with Crippen LogP contribution in [0.25, 0.3) is 0 Å². The maximum absolute atomic E-state index is 9.82. The van der Waals surface area contributed by atoms with Gasteiger partial charge in [0.1, 0.15) is 0 Å². The Bertz CT molecular complexity index is 395. The van der Waals surface area contributed by atoms with Gasteiger partial charge in [-0.2, -0.15) is 0 Å². The Labute approximate surface area is 110 Å². The summed E-state index contributed by atoms with van der Waals surface area (Å²) in [4.78, 5) is 2.16. The molecule has 0 bridgehead atoms. The molecule has 3 nitrogen and oxygen atoms in total. The monoisotopic (exact) mass is 299 g/mol. The third kappa shape index (κ3) is 3.00. The molecule has 0 saturated carbocycles. The van der Waals surface area contributed by atoms with E-state index in [0.29, 0.717) is 6.54 Å². The lowest BCUT2D eigenvalue weighted by atomic mass is 10.0. The number of aliphatic hydroxyl groups excluding tert-OH is 2. The zero-order valence-electron chi connectivity index (χ0n) is 9.93. The van der Waals surface area contributed by atoms with Crippen molar-refractivity contribution < 1.29 is 10.2 Å². The van der Waals surface area contributed by atoms with Gasteiger partial charge in [-0.05, 0) is 38.0 Å². The van der Waals surface area contributed by atoms with Gasteiger partial charge in [0.25, 0.3) is 0 Å². The summed E-state index contributed by atoms with van der Waals surface area (Å²) in [5.41, 5.74) is 1.94. The molecule has 0 aromatic heterocycles. The molecule has 2 atom stereocenters. The zero-order chi connectivity index (χ0) is 12.4. The van der Waals surface area contributed by atoms with E-state index in [1.165, 1.54) is 0 Å². The molecule has 94 valence electrons. The second-order valence-electron chi connectivity index (χ2n) is 4.62. The summed E-state index contributed by atoms with van der Waals surface area (Å²) in [6.45, 7) is 3.37. The third-order valence-corrected chi connectivity index (χ3v) is 3.67. The highest BCUT2D eigenvalue weighted by molar-refractivity contribution is 9.10. The minimum atomic E-state index is -0.499. The quantitative estimate of drug-likeness (QED) is 0.882. The van der Waals surface area contributed by atoms with Crippen molar-refractivity contribution >= 4 is 21.6 Å². The van der Waals surface area contributed by atoms with Gasteiger partial charge in [-0.25, -0.2) is 0 Å². The molecule has 1 aromatic carbocycles. The number of aliphatic hydroxyl groups is 2. The second-order valence-corrected chi connectivity index (χ2v) is 5.54. The predicted octanol–water partition coefficient (Wildman–Crippen LogP) is 2.46.